The minimum absolute atomic E-state index is 0.685. The third-order valence-electron chi connectivity index (χ3n) is 4.48. The highest BCUT2D eigenvalue weighted by Crippen LogP contribution is 2.29. The summed E-state index contributed by atoms with van der Waals surface area (Å²) in [5.74, 6) is 0. The number of nitrogens with one attached hydrogen (secondary N) is 1. The average molecular weight is 279 g/mol. The highest BCUT2D eigenvalue weighted by atomic mass is 35.5. The van der Waals surface area contributed by atoms with Crippen LogP contribution in [-0.4, -0.2) is 30.1 Å². The van der Waals surface area contributed by atoms with E-state index in [0.29, 0.717) is 6.04 Å². The van der Waals surface area contributed by atoms with Gasteiger partial charge >= 0.3 is 0 Å². The first kappa shape index (κ1) is 13.4. The van der Waals surface area contributed by atoms with Crippen LogP contribution in [0.15, 0.2) is 18.2 Å². The van der Waals surface area contributed by atoms with Gasteiger partial charge in [-0.25, -0.2) is 0 Å². The maximum atomic E-state index is 5.99. The number of hydrogen-bond acceptors (Lipinski definition) is 2. The molecule has 19 heavy (non-hydrogen) atoms. The summed E-state index contributed by atoms with van der Waals surface area (Å²) in [6, 6.07) is 7.80. The van der Waals surface area contributed by atoms with Crippen LogP contribution < -0.4 is 5.32 Å². The molecular weight excluding hydrogens is 256 g/mol. The van der Waals surface area contributed by atoms with E-state index in [1.165, 1.54) is 49.9 Å². The molecule has 3 rings (SSSR count). The zero-order valence-electron chi connectivity index (χ0n) is 11.7. The number of nitrogens with zero attached hydrogens (tertiary/aromatic N) is 1. The van der Waals surface area contributed by atoms with Gasteiger partial charge in [-0.2, -0.15) is 0 Å². The van der Waals surface area contributed by atoms with Gasteiger partial charge in [-0.05, 0) is 69.0 Å². The van der Waals surface area contributed by atoms with Crippen LogP contribution in [0.5, 0.6) is 0 Å². The molecule has 0 amide bonds. The van der Waals surface area contributed by atoms with Gasteiger partial charge in [-0.1, -0.05) is 17.7 Å². The Hall–Kier alpha value is -0.570. The van der Waals surface area contributed by atoms with Crippen LogP contribution in [0.1, 0.15) is 36.8 Å². The van der Waals surface area contributed by atoms with E-state index in [0.717, 1.165) is 17.6 Å². The highest BCUT2D eigenvalue weighted by molar-refractivity contribution is 6.30. The first-order valence-corrected chi connectivity index (χ1v) is 7.82. The first-order chi connectivity index (χ1) is 9.22. The SMILES string of the molecule is Cc1cc(Cl)ccc1CNC1CCN(C2CC2)CC1. The molecule has 1 aliphatic carbocycles. The molecule has 0 atom stereocenters. The fraction of sp³-hybridized carbons (Fsp3) is 0.625. The van der Waals surface area contributed by atoms with E-state index in [4.69, 9.17) is 11.6 Å². The van der Waals surface area contributed by atoms with Crippen molar-refractivity contribution in [3.8, 4) is 0 Å². The molecule has 1 aromatic rings. The number of rotatable bonds is 4. The smallest absolute Gasteiger partial charge is 0.0408 e. The van der Waals surface area contributed by atoms with Gasteiger partial charge in [0.25, 0.3) is 0 Å². The van der Waals surface area contributed by atoms with Crippen molar-refractivity contribution in [2.75, 3.05) is 13.1 Å². The Bertz CT molecular complexity index is 434. The summed E-state index contributed by atoms with van der Waals surface area (Å²) in [5.41, 5.74) is 2.66. The summed E-state index contributed by atoms with van der Waals surface area (Å²) in [6.07, 6.45) is 5.45. The van der Waals surface area contributed by atoms with Crippen LogP contribution in [0.25, 0.3) is 0 Å². The lowest BCUT2D eigenvalue weighted by molar-refractivity contribution is 0.189. The van der Waals surface area contributed by atoms with E-state index < -0.39 is 0 Å². The number of halogens is 1. The van der Waals surface area contributed by atoms with Crippen LogP contribution in [0.3, 0.4) is 0 Å². The predicted molar refractivity (Wildman–Crippen MR) is 80.6 cm³/mol. The summed E-state index contributed by atoms with van der Waals surface area (Å²) in [6.45, 7) is 5.67. The van der Waals surface area contributed by atoms with Crippen molar-refractivity contribution in [3.63, 3.8) is 0 Å². The molecule has 1 aromatic carbocycles. The van der Waals surface area contributed by atoms with Gasteiger partial charge < -0.3 is 10.2 Å². The molecule has 0 spiro atoms. The molecule has 1 heterocycles. The van der Waals surface area contributed by atoms with E-state index in [-0.39, 0.29) is 0 Å². The molecule has 2 fully saturated rings. The summed E-state index contributed by atoms with van der Waals surface area (Å²) in [5, 5.41) is 4.54. The Kier molecular flexibility index (Phi) is 4.11. The van der Waals surface area contributed by atoms with E-state index in [1.807, 2.05) is 12.1 Å². The molecule has 0 aromatic heterocycles. The standard InChI is InChI=1S/C16H23ClN2/c1-12-10-14(17)3-2-13(12)11-18-15-6-8-19(9-7-15)16-4-5-16/h2-3,10,15-16,18H,4-9,11H2,1H3. The van der Waals surface area contributed by atoms with Crippen molar-refractivity contribution in [1.29, 1.82) is 0 Å². The molecule has 1 N–H and O–H groups in total. The second kappa shape index (κ2) is 5.82. The second-order valence-corrected chi connectivity index (χ2v) is 6.43. The highest BCUT2D eigenvalue weighted by Gasteiger charge is 2.31. The van der Waals surface area contributed by atoms with Crippen molar-refractivity contribution in [3.05, 3.63) is 34.3 Å². The van der Waals surface area contributed by atoms with Gasteiger partial charge in [0.15, 0.2) is 0 Å². The minimum Gasteiger partial charge on any atom is -0.310 e. The normalized spacial score (nSPS) is 21.8. The lowest BCUT2D eigenvalue weighted by atomic mass is 10.0. The molecule has 0 unspecified atom stereocenters. The van der Waals surface area contributed by atoms with E-state index in [2.05, 4.69) is 23.2 Å². The quantitative estimate of drug-likeness (QED) is 0.908. The van der Waals surface area contributed by atoms with Crippen LogP contribution in [0.4, 0.5) is 0 Å². The Morgan fingerprint density at radius 2 is 1.95 bits per heavy atom. The number of likely N-dealkylation sites (tertiary alicyclic amines) is 1. The summed E-state index contributed by atoms with van der Waals surface area (Å²) < 4.78 is 0. The topological polar surface area (TPSA) is 15.3 Å². The molecule has 0 radical (unpaired) electrons. The molecule has 2 aliphatic rings. The molecule has 1 saturated heterocycles. The fourth-order valence-corrected chi connectivity index (χ4v) is 3.25. The van der Waals surface area contributed by atoms with E-state index in [1.54, 1.807) is 0 Å². The lowest BCUT2D eigenvalue weighted by Gasteiger charge is -2.32. The van der Waals surface area contributed by atoms with E-state index >= 15 is 0 Å². The largest absolute Gasteiger partial charge is 0.310 e. The van der Waals surface area contributed by atoms with Crippen molar-refractivity contribution < 1.29 is 0 Å². The zero-order valence-corrected chi connectivity index (χ0v) is 12.4. The molecular formula is C16H23ClN2. The number of hydrogen-bond donors (Lipinski definition) is 1. The number of piperidine rings is 1. The summed E-state index contributed by atoms with van der Waals surface area (Å²) >= 11 is 5.99. The predicted octanol–water partition coefficient (Wildman–Crippen LogP) is 3.36. The van der Waals surface area contributed by atoms with E-state index in [9.17, 15) is 0 Å². The van der Waals surface area contributed by atoms with Crippen molar-refractivity contribution in [2.24, 2.45) is 0 Å². The van der Waals surface area contributed by atoms with Crippen LogP contribution in [-0.2, 0) is 6.54 Å². The third kappa shape index (κ3) is 3.50. The maximum absolute atomic E-state index is 5.99. The second-order valence-electron chi connectivity index (χ2n) is 5.99. The Labute approximate surface area is 121 Å². The molecule has 2 nitrogen and oxygen atoms in total. The van der Waals surface area contributed by atoms with Gasteiger partial charge in [-0.15, -0.1) is 0 Å². The zero-order chi connectivity index (χ0) is 13.2. The van der Waals surface area contributed by atoms with Crippen molar-refractivity contribution in [2.45, 2.75) is 51.2 Å². The minimum atomic E-state index is 0.685. The molecule has 3 heteroatoms. The van der Waals surface area contributed by atoms with Crippen LogP contribution in [0.2, 0.25) is 5.02 Å². The summed E-state index contributed by atoms with van der Waals surface area (Å²) in [7, 11) is 0. The Morgan fingerprint density at radius 3 is 2.58 bits per heavy atom. The first-order valence-electron chi connectivity index (χ1n) is 7.45. The van der Waals surface area contributed by atoms with Gasteiger partial charge in [0.1, 0.15) is 0 Å². The van der Waals surface area contributed by atoms with Gasteiger partial charge in [-0.3, -0.25) is 0 Å². The number of benzene rings is 1. The summed E-state index contributed by atoms with van der Waals surface area (Å²) in [4.78, 5) is 2.67. The average Bonchev–Trinajstić information content (AvgIpc) is 3.23. The third-order valence-corrected chi connectivity index (χ3v) is 4.71. The Balaban J connectivity index is 1.47. The Morgan fingerprint density at radius 1 is 1.21 bits per heavy atom. The van der Waals surface area contributed by atoms with Crippen LogP contribution in [0, 0.1) is 6.92 Å². The maximum Gasteiger partial charge on any atom is 0.0408 e. The van der Waals surface area contributed by atoms with Gasteiger partial charge in [0.05, 0.1) is 0 Å². The monoisotopic (exact) mass is 278 g/mol. The lowest BCUT2D eigenvalue weighted by Crippen LogP contribution is -2.43. The fourth-order valence-electron chi connectivity index (χ4n) is 3.02. The number of aryl methyl sites for hydroxylation is 1. The molecule has 1 aliphatic heterocycles. The van der Waals surface area contributed by atoms with Crippen LogP contribution >= 0.6 is 11.6 Å². The van der Waals surface area contributed by atoms with Gasteiger partial charge in [0, 0.05) is 23.7 Å². The molecule has 1 saturated carbocycles. The molecule has 104 valence electrons. The molecule has 0 bridgehead atoms. The van der Waals surface area contributed by atoms with Gasteiger partial charge in [0.2, 0.25) is 0 Å². The van der Waals surface area contributed by atoms with Crippen molar-refractivity contribution >= 4 is 11.6 Å². The van der Waals surface area contributed by atoms with Crippen molar-refractivity contribution in [1.82, 2.24) is 10.2 Å².